The van der Waals surface area contributed by atoms with Crippen molar-refractivity contribution in [3.8, 4) is 0 Å². The Labute approximate surface area is 98.6 Å². The largest absolute Gasteiger partial charge is 0.342 e. The molecule has 0 bridgehead atoms. The Kier molecular flexibility index (Phi) is 4.64. The second-order valence-electron chi connectivity index (χ2n) is 5.22. The predicted molar refractivity (Wildman–Crippen MR) is 65.3 cm³/mol. The summed E-state index contributed by atoms with van der Waals surface area (Å²) in [4.78, 5) is 14.0. The lowest BCUT2D eigenvalue weighted by molar-refractivity contribution is -0.130. The molecule has 2 aliphatic rings. The van der Waals surface area contributed by atoms with Crippen LogP contribution >= 0.6 is 0 Å². The van der Waals surface area contributed by atoms with Crippen molar-refractivity contribution in [2.75, 3.05) is 26.2 Å². The number of nitrogens with one attached hydrogen (secondary N) is 1. The van der Waals surface area contributed by atoms with E-state index in [9.17, 15) is 4.79 Å². The van der Waals surface area contributed by atoms with E-state index in [1.54, 1.807) is 0 Å². The van der Waals surface area contributed by atoms with E-state index in [0.717, 1.165) is 25.6 Å². The molecule has 0 atom stereocenters. The van der Waals surface area contributed by atoms with E-state index in [1.807, 2.05) is 0 Å². The number of hydrogen-bond donors (Lipinski definition) is 1. The minimum Gasteiger partial charge on any atom is -0.342 e. The topological polar surface area (TPSA) is 32.3 Å². The third kappa shape index (κ3) is 4.12. The second-order valence-corrected chi connectivity index (χ2v) is 5.22. The molecule has 3 nitrogen and oxygen atoms in total. The van der Waals surface area contributed by atoms with Crippen LogP contribution in [0.15, 0.2) is 0 Å². The predicted octanol–water partition coefficient (Wildman–Crippen LogP) is 1.78. The van der Waals surface area contributed by atoms with Gasteiger partial charge in [-0.25, -0.2) is 0 Å². The number of carbonyl (C=O) groups is 1. The average Bonchev–Trinajstić information content (AvgIpc) is 3.00. The number of amides is 1. The van der Waals surface area contributed by atoms with Gasteiger partial charge in [-0.05, 0) is 38.1 Å². The molecular weight excluding hydrogens is 200 g/mol. The maximum atomic E-state index is 11.9. The van der Waals surface area contributed by atoms with Crippen LogP contribution in [0.3, 0.4) is 0 Å². The molecule has 0 unspecified atom stereocenters. The molecule has 16 heavy (non-hydrogen) atoms. The highest BCUT2D eigenvalue weighted by molar-refractivity contribution is 5.78. The molecule has 0 radical (unpaired) electrons. The summed E-state index contributed by atoms with van der Waals surface area (Å²) in [6, 6.07) is 0. The van der Waals surface area contributed by atoms with Gasteiger partial charge in [0.25, 0.3) is 0 Å². The third-order valence-electron chi connectivity index (χ3n) is 3.61. The fourth-order valence-electron chi connectivity index (χ4n) is 2.31. The van der Waals surface area contributed by atoms with E-state index in [2.05, 4.69) is 10.2 Å². The van der Waals surface area contributed by atoms with Gasteiger partial charge in [0.05, 0.1) is 6.54 Å². The van der Waals surface area contributed by atoms with E-state index in [4.69, 9.17) is 0 Å². The summed E-state index contributed by atoms with van der Waals surface area (Å²) in [7, 11) is 0. The van der Waals surface area contributed by atoms with Crippen molar-refractivity contribution in [3.63, 3.8) is 0 Å². The van der Waals surface area contributed by atoms with E-state index in [0.29, 0.717) is 12.5 Å². The smallest absolute Gasteiger partial charge is 0.236 e. The van der Waals surface area contributed by atoms with Crippen molar-refractivity contribution < 1.29 is 4.79 Å². The number of hydrogen-bond acceptors (Lipinski definition) is 2. The van der Waals surface area contributed by atoms with Crippen LogP contribution in [0.25, 0.3) is 0 Å². The van der Waals surface area contributed by atoms with E-state index >= 15 is 0 Å². The molecule has 1 saturated carbocycles. The number of likely N-dealkylation sites (tertiary alicyclic amines) is 1. The molecule has 0 spiro atoms. The van der Waals surface area contributed by atoms with Crippen molar-refractivity contribution in [3.05, 3.63) is 0 Å². The van der Waals surface area contributed by atoms with Crippen LogP contribution in [0.5, 0.6) is 0 Å². The van der Waals surface area contributed by atoms with Gasteiger partial charge in [0.15, 0.2) is 0 Å². The van der Waals surface area contributed by atoms with Crippen LogP contribution in [0.1, 0.15) is 44.9 Å². The number of nitrogens with zero attached hydrogens (tertiary/aromatic N) is 1. The van der Waals surface area contributed by atoms with Crippen LogP contribution in [0.4, 0.5) is 0 Å². The summed E-state index contributed by atoms with van der Waals surface area (Å²) in [5.41, 5.74) is 0. The first-order chi connectivity index (χ1) is 7.86. The first kappa shape index (κ1) is 11.9. The Balaban J connectivity index is 1.64. The average molecular weight is 224 g/mol. The molecule has 1 amide bonds. The Morgan fingerprint density at radius 1 is 1.06 bits per heavy atom. The Morgan fingerprint density at radius 3 is 2.31 bits per heavy atom. The Bertz CT molecular complexity index is 218. The van der Waals surface area contributed by atoms with Gasteiger partial charge in [0.1, 0.15) is 0 Å². The molecule has 2 rings (SSSR count). The van der Waals surface area contributed by atoms with Crippen molar-refractivity contribution >= 4 is 5.91 Å². The van der Waals surface area contributed by atoms with Crippen molar-refractivity contribution in [2.24, 2.45) is 5.92 Å². The lowest BCUT2D eigenvalue weighted by atomic mass is 10.1. The Hall–Kier alpha value is -0.570. The van der Waals surface area contributed by atoms with Gasteiger partial charge in [-0.3, -0.25) is 4.79 Å². The summed E-state index contributed by atoms with van der Waals surface area (Å²) in [6.07, 6.45) is 9.01. The zero-order valence-corrected chi connectivity index (χ0v) is 10.2. The quantitative estimate of drug-likeness (QED) is 0.789. The molecular formula is C13H24N2O. The van der Waals surface area contributed by atoms with Gasteiger partial charge in [-0.2, -0.15) is 0 Å². The molecule has 1 N–H and O–H groups in total. The monoisotopic (exact) mass is 224 g/mol. The first-order valence-electron chi connectivity index (χ1n) is 6.85. The highest BCUT2D eigenvalue weighted by Crippen LogP contribution is 2.27. The van der Waals surface area contributed by atoms with Gasteiger partial charge < -0.3 is 10.2 Å². The van der Waals surface area contributed by atoms with Gasteiger partial charge >= 0.3 is 0 Å². The SMILES string of the molecule is O=C(CNCC1CC1)N1CCCCCCC1. The minimum atomic E-state index is 0.308. The third-order valence-corrected chi connectivity index (χ3v) is 3.61. The molecule has 0 aromatic rings. The number of carbonyl (C=O) groups excluding carboxylic acids is 1. The maximum absolute atomic E-state index is 11.9. The van der Waals surface area contributed by atoms with E-state index in [1.165, 1.54) is 44.9 Å². The van der Waals surface area contributed by atoms with Gasteiger partial charge in [0.2, 0.25) is 5.91 Å². The highest BCUT2D eigenvalue weighted by Gasteiger charge is 2.21. The molecule has 1 heterocycles. The van der Waals surface area contributed by atoms with Crippen LogP contribution in [-0.2, 0) is 4.79 Å². The zero-order valence-electron chi connectivity index (χ0n) is 10.2. The lowest BCUT2D eigenvalue weighted by Crippen LogP contribution is -2.40. The van der Waals surface area contributed by atoms with Gasteiger partial charge in [0, 0.05) is 13.1 Å². The molecule has 0 aromatic heterocycles. The lowest BCUT2D eigenvalue weighted by Gasteiger charge is -2.25. The number of rotatable bonds is 4. The highest BCUT2D eigenvalue weighted by atomic mass is 16.2. The van der Waals surface area contributed by atoms with Gasteiger partial charge in [-0.15, -0.1) is 0 Å². The molecule has 0 aromatic carbocycles. The zero-order chi connectivity index (χ0) is 11.2. The van der Waals surface area contributed by atoms with E-state index < -0.39 is 0 Å². The summed E-state index contributed by atoms with van der Waals surface area (Å²) < 4.78 is 0. The van der Waals surface area contributed by atoms with Crippen LogP contribution in [-0.4, -0.2) is 37.0 Å². The van der Waals surface area contributed by atoms with Crippen molar-refractivity contribution in [2.45, 2.75) is 44.9 Å². The standard InChI is InChI=1S/C13H24N2O/c16-13(11-14-10-12-6-7-12)15-8-4-2-1-3-5-9-15/h12,14H,1-11H2. The summed E-state index contributed by atoms with van der Waals surface area (Å²) >= 11 is 0. The molecule has 1 aliphatic carbocycles. The molecule has 1 saturated heterocycles. The molecule has 3 heteroatoms. The summed E-state index contributed by atoms with van der Waals surface area (Å²) in [5, 5.41) is 3.29. The summed E-state index contributed by atoms with van der Waals surface area (Å²) in [6.45, 7) is 3.55. The molecule has 2 fully saturated rings. The maximum Gasteiger partial charge on any atom is 0.236 e. The van der Waals surface area contributed by atoms with Crippen molar-refractivity contribution in [1.82, 2.24) is 10.2 Å². The molecule has 1 aliphatic heterocycles. The minimum absolute atomic E-state index is 0.308. The van der Waals surface area contributed by atoms with Crippen molar-refractivity contribution in [1.29, 1.82) is 0 Å². The normalized spacial score (nSPS) is 22.6. The fraction of sp³-hybridized carbons (Fsp3) is 0.923. The first-order valence-corrected chi connectivity index (χ1v) is 6.85. The van der Waals surface area contributed by atoms with Crippen LogP contribution in [0, 0.1) is 5.92 Å². The molecule has 92 valence electrons. The van der Waals surface area contributed by atoms with E-state index in [-0.39, 0.29) is 0 Å². The second kappa shape index (κ2) is 6.24. The Morgan fingerprint density at radius 2 is 1.69 bits per heavy atom. The van der Waals surface area contributed by atoms with Crippen LogP contribution < -0.4 is 5.32 Å². The van der Waals surface area contributed by atoms with Gasteiger partial charge in [-0.1, -0.05) is 19.3 Å². The van der Waals surface area contributed by atoms with Crippen LogP contribution in [0.2, 0.25) is 0 Å². The fourth-order valence-corrected chi connectivity index (χ4v) is 2.31. The summed E-state index contributed by atoms with van der Waals surface area (Å²) in [5.74, 6) is 1.17.